The van der Waals surface area contributed by atoms with Crippen LogP contribution in [0, 0.1) is 5.92 Å². The van der Waals surface area contributed by atoms with Gasteiger partial charge in [-0.25, -0.2) is 4.98 Å². The Hall–Kier alpha value is -1.66. The summed E-state index contributed by atoms with van der Waals surface area (Å²) in [6.07, 6.45) is 4.20. The summed E-state index contributed by atoms with van der Waals surface area (Å²) < 4.78 is 1.10. The lowest BCUT2D eigenvalue weighted by Gasteiger charge is -2.44. The quantitative estimate of drug-likeness (QED) is 0.911. The van der Waals surface area contributed by atoms with Crippen molar-refractivity contribution in [1.82, 2.24) is 15.2 Å². The summed E-state index contributed by atoms with van der Waals surface area (Å²) in [4.78, 5) is 19.3. The lowest BCUT2D eigenvalue weighted by atomic mass is 9.84. The minimum Gasteiger partial charge on any atom is -0.387 e. The van der Waals surface area contributed by atoms with Crippen LogP contribution in [0.4, 0.5) is 5.69 Å². The maximum Gasteiger partial charge on any atom is 0.270 e. The fraction of sp³-hybridized carbons (Fsp3) is 0.500. The van der Waals surface area contributed by atoms with E-state index in [1.165, 1.54) is 25.9 Å². The molecule has 22 heavy (non-hydrogen) atoms. The number of carbonyl (C=O) groups excluding carboxylic acids is 1. The molecule has 2 bridgehead atoms. The molecule has 5 rings (SSSR count). The van der Waals surface area contributed by atoms with Crippen molar-refractivity contribution >= 4 is 33.0 Å². The van der Waals surface area contributed by atoms with Crippen LogP contribution >= 0.6 is 11.3 Å². The maximum atomic E-state index is 12.5. The zero-order chi connectivity index (χ0) is 15.1. The van der Waals surface area contributed by atoms with E-state index in [2.05, 4.69) is 25.9 Å². The second kappa shape index (κ2) is 5.52. The van der Waals surface area contributed by atoms with Crippen LogP contribution in [0.2, 0.25) is 0 Å². The smallest absolute Gasteiger partial charge is 0.270 e. The zero-order valence-corrected chi connectivity index (χ0v) is 13.4. The van der Waals surface area contributed by atoms with Gasteiger partial charge in [-0.15, -0.1) is 11.3 Å². The third-order valence-electron chi connectivity index (χ3n) is 4.94. The van der Waals surface area contributed by atoms with Crippen LogP contribution in [0.25, 0.3) is 10.1 Å². The topological polar surface area (TPSA) is 57.3 Å². The van der Waals surface area contributed by atoms with Crippen molar-refractivity contribution in [2.75, 3.05) is 32.0 Å². The largest absolute Gasteiger partial charge is 0.387 e. The Morgan fingerprint density at radius 3 is 2.91 bits per heavy atom. The minimum atomic E-state index is -0.0473. The monoisotopic (exact) mass is 316 g/mol. The number of rotatable bonds is 3. The molecule has 0 spiro atoms. The van der Waals surface area contributed by atoms with Gasteiger partial charge in [-0.05, 0) is 37.9 Å². The Bertz CT molecular complexity index is 705. The molecule has 3 aliphatic heterocycles. The molecule has 0 radical (unpaired) electrons. The van der Waals surface area contributed by atoms with Crippen molar-refractivity contribution in [3.05, 3.63) is 23.3 Å². The number of piperidine rings is 3. The van der Waals surface area contributed by atoms with E-state index >= 15 is 0 Å². The van der Waals surface area contributed by atoms with Gasteiger partial charge in [0.05, 0.1) is 10.4 Å². The molecule has 3 fully saturated rings. The first-order valence-electron chi connectivity index (χ1n) is 7.83. The lowest BCUT2D eigenvalue weighted by molar-refractivity contribution is 0.0618. The summed E-state index contributed by atoms with van der Waals surface area (Å²) in [6.45, 7) is 3.35. The summed E-state index contributed by atoms with van der Waals surface area (Å²) >= 11 is 1.64. The van der Waals surface area contributed by atoms with Crippen LogP contribution < -0.4 is 10.6 Å². The first-order chi connectivity index (χ1) is 10.7. The molecule has 6 heteroatoms. The highest BCUT2D eigenvalue weighted by Crippen LogP contribution is 2.30. The Morgan fingerprint density at radius 1 is 1.41 bits per heavy atom. The van der Waals surface area contributed by atoms with Gasteiger partial charge in [0, 0.05) is 36.6 Å². The second-order valence-corrected chi connectivity index (χ2v) is 7.09. The maximum absolute atomic E-state index is 12.5. The number of anilines is 1. The molecule has 116 valence electrons. The van der Waals surface area contributed by atoms with Crippen LogP contribution in [0.3, 0.4) is 0 Å². The molecule has 5 nitrogen and oxygen atoms in total. The summed E-state index contributed by atoms with van der Waals surface area (Å²) in [5.41, 5.74) is 1.57. The molecule has 0 aromatic carbocycles. The average molecular weight is 316 g/mol. The van der Waals surface area contributed by atoms with Crippen molar-refractivity contribution in [1.29, 1.82) is 0 Å². The van der Waals surface area contributed by atoms with Gasteiger partial charge in [-0.1, -0.05) is 0 Å². The molecule has 2 N–H and O–H groups in total. The molecule has 1 atom stereocenters. The van der Waals surface area contributed by atoms with E-state index in [1.54, 1.807) is 17.5 Å². The van der Waals surface area contributed by atoms with E-state index in [4.69, 9.17) is 0 Å². The van der Waals surface area contributed by atoms with E-state index in [0.717, 1.165) is 22.3 Å². The predicted octanol–water partition coefficient (Wildman–Crippen LogP) is 2.16. The number of pyridine rings is 1. The predicted molar refractivity (Wildman–Crippen MR) is 89.6 cm³/mol. The third-order valence-corrected chi connectivity index (χ3v) is 5.87. The van der Waals surface area contributed by atoms with Gasteiger partial charge >= 0.3 is 0 Å². The molecule has 0 aliphatic carbocycles. The van der Waals surface area contributed by atoms with Crippen LogP contribution in [0.1, 0.15) is 23.3 Å². The number of amides is 1. The zero-order valence-electron chi connectivity index (χ0n) is 12.6. The molecule has 3 aliphatic rings. The summed E-state index contributed by atoms with van der Waals surface area (Å²) in [5, 5.41) is 9.49. The Labute approximate surface area is 133 Å². The number of nitrogens with one attached hydrogen (secondary N) is 2. The summed E-state index contributed by atoms with van der Waals surface area (Å²) in [7, 11) is 1.90. The van der Waals surface area contributed by atoms with Crippen LogP contribution in [-0.2, 0) is 0 Å². The number of hydrogen-bond donors (Lipinski definition) is 2. The van der Waals surface area contributed by atoms with Gasteiger partial charge in [0.15, 0.2) is 0 Å². The van der Waals surface area contributed by atoms with E-state index in [1.807, 2.05) is 13.1 Å². The number of hydrogen-bond acceptors (Lipinski definition) is 5. The normalized spacial score (nSPS) is 27.0. The molecule has 5 heterocycles. The number of fused-ring (bicyclic) bond motifs is 4. The van der Waals surface area contributed by atoms with Gasteiger partial charge in [-0.2, -0.15) is 0 Å². The number of nitrogens with zero attached hydrogens (tertiary/aromatic N) is 2. The second-order valence-electron chi connectivity index (χ2n) is 6.18. The molecular weight excluding hydrogens is 296 g/mol. The standard InChI is InChI=1S/C16H20N4OS/c1-17-14-9-22-15-7-18-12(6-11(14)15)16(21)19-13-8-20-4-2-10(13)3-5-20/h6-7,9-10,13,17H,2-5,8H2,1H3,(H,19,21). The summed E-state index contributed by atoms with van der Waals surface area (Å²) in [6, 6.07) is 2.17. The van der Waals surface area contributed by atoms with Crippen LogP contribution in [0.5, 0.6) is 0 Å². The molecule has 2 aromatic heterocycles. The van der Waals surface area contributed by atoms with Gasteiger partial charge in [0.1, 0.15) is 5.69 Å². The molecule has 2 aromatic rings. The highest BCUT2D eigenvalue weighted by atomic mass is 32.1. The fourth-order valence-electron chi connectivity index (χ4n) is 3.62. The van der Waals surface area contributed by atoms with E-state index in [9.17, 15) is 4.79 Å². The average Bonchev–Trinajstić information content (AvgIpc) is 2.98. The van der Waals surface area contributed by atoms with E-state index < -0.39 is 0 Å². The van der Waals surface area contributed by atoms with Crippen molar-refractivity contribution in [3.63, 3.8) is 0 Å². The van der Waals surface area contributed by atoms with Crippen molar-refractivity contribution in [2.45, 2.75) is 18.9 Å². The molecule has 3 saturated heterocycles. The number of carbonyl (C=O) groups is 1. The summed E-state index contributed by atoms with van der Waals surface area (Å²) in [5.74, 6) is 0.584. The molecular formula is C16H20N4OS. The van der Waals surface area contributed by atoms with Crippen LogP contribution in [-0.4, -0.2) is 48.5 Å². The number of thiophene rings is 1. The SMILES string of the molecule is CNc1csc2cnc(C(=O)NC3CN4CCC3CC4)cc12. The number of aromatic nitrogens is 1. The Balaban J connectivity index is 1.55. The van der Waals surface area contributed by atoms with Crippen molar-refractivity contribution in [3.8, 4) is 0 Å². The minimum absolute atomic E-state index is 0.0473. The Kier molecular flexibility index (Phi) is 3.50. The van der Waals surface area contributed by atoms with E-state index in [-0.39, 0.29) is 11.9 Å². The van der Waals surface area contributed by atoms with Gasteiger partial charge in [-0.3, -0.25) is 4.79 Å². The highest BCUT2D eigenvalue weighted by molar-refractivity contribution is 7.17. The Morgan fingerprint density at radius 2 is 2.23 bits per heavy atom. The van der Waals surface area contributed by atoms with Gasteiger partial charge in [0.2, 0.25) is 0 Å². The van der Waals surface area contributed by atoms with Crippen molar-refractivity contribution < 1.29 is 4.79 Å². The van der Waals surface area contributed by atoms with E-state index in [0.29, 0.717) is 11.6 Å². The first kappa shape index (κ1) is 14.0. The van der Waals surface area contributed by atoms with Crippen LogP contribution in [0.15, 0.2) is 17.6 Å². The van der Waals surface area contributed by atoms with Crippen molar-refractivity contribution in [2.24, 2.45) is 5.92 Å². The highest BCUT2D eigenvalue weighted by Gasteiger charge is 2.35. The van der Waals surface area contributed by atoms with Gasteiger partial charge in [0.25, 0.3) is 5.91 Å². The van der Waals surface area contributed by atoms with Gasteiger partial charge < -0.3 is 15.5 Å². The first-order valence-corrected chi connectivity index (χ1v) is 8.71. The molecule has 1 unspecified atom stereocenters. The fourth-order valence-corrected chi connectivity index (χ4v) is 4.52. The molecule has 1 amide bonds. The lowest BCUT2D eigenvalue weighted by Crippen LogP contribution is -2.57. The third kappa shape index (κ3) is 2.36. The molecule has 0 saturated carbocycles.